The molecule has 1 atom stereocenters. The first-order valence-electron chi connectivity index (χ1n) is 6.06. The predicted molar refractivity (Wildman–Crippen MR) is 78.9 cm³/mol. The molecule has 1 N–H and O–H groups in total. The van der Waals surface area contributed by atoms with Gasteiger partial charge in [-0.3, -0.25) is 0 Å². The number of esters is 1. The van der Waals surface area contributed by atoms with Gasteiger partial charge in [0.05, 0.1) is 7.11 Å². The molecule has 0 aliphatic rings. The Hall–Kier alpha value is -1.95. The van der Waals surface area contributed by atoms with E-state index in [4.69, 9.17) is 4.74 Å². The smallest absolute Gasteiger partial charge is 0.333 e. The van der Waals surface area contributed by atoms with E-state index >= 15 is 0 Å². The lowest BCUT2D eigenvalue weighted by Gasteiger charge is -2.19. The number of hydrogen-bond acceptors (Lipinski definition) is 3. The molecule has 0 aliphatic heterocycles. The van der Waals surface area contributed by atoms with Crippen molar-refractivity contribution >= 4 is 27.6 Å². The standard InChI is InChI=1S/C15H12BrF2NO2/c1-21-15(20)14(12-6-5-10(18)8-13(12)16)19-11-4-2-3-9(17)7-11/h2-8,14,19H,1H3. The summed E-state index contributed by atoms with van der Waals surface area (Å²) >= 11 is 3.21. The lowest BCUT2D eigenvalue weighted by Crippen LogP contribution is -2.22. The average molecular weight is 356 g/mol. The summed E-state index contributed by atoms with van der Waals surface area (Å²) < 4.78 is 31.5. The van der Waals surface area contributed by atoms with E-state index in [1.165, 1.54) is 43.5 Å². The molecule has 0 bridgehead atoms. The minimum absolute atomic E-state index is 0.418. The number of hydrogen-bond donors (Lipinski definition) is 1. The molecule has 0 aromatic heterocycles. The van der Waals surface area contributed by atoms with Crippen molar-refractivity contribution < 1.29 is 18.3 Å². The van der Waals surface area contributed by atoms with E-state index in [9.17, 15) is 13.6 Å². The molecule has 0 saturated carbocycles. The van der Waals surface area contributed by atoms with Gasteiger partial charge < -0.3 is 10.1 Å². The average Bonchev–Trinajstić information content (AvgIpc) is 2.45. The first kappa shape index (κ1) is 15.4. The molecule has 2 aromatic rings. The van der Waals surface area contributed by atoms with Crippen molar-refractivity contribution in [3.05, 3.63) is 64.1 Å². The van der Waals surface area contributed by atoms with E-state index in [1.54, 1.807) is 6.07 Å². The van der Waals surface area contributed by atoms with E-state index < -0.39 is 23.6 Å². The van der Waals surface area contributed by atoms with Gasteiger partial charge in [0.1, 0.15) is 11.6 Å². The van der Waals surface area contributed by atoms with Crippen LogP contribution in [0, 0.1) is 11.6 Å². The van der Waals surface area contributed by atoms with Crippen LogP contribution in [0.15, 0.2) is 46.9 Å². The molecule has 0 amide bonds. The highest BCUT2D eigenvalue weighted by Crippen LogP contribution is 2.28. The third kappa shape index (κ3) is 3.78. The molecule has 1 unspecified atom stereocenters. The molecule has 110 valence electrons. The third-order valence-electron chi connectivity index (χ3n) is 2.85. The van der Waals surface area contributed by atoms with Crippen molar-refractivity contribution in [3.63, 3.8) is 0 Å². The summed E-state index contributed by atoms with van der Waals surface area (Å²) in [4.78, 5) is 11.9. The minimum atomic E-state index is -0.883. The molecule has 0 heterocycles. The second-order valence-corrected chi connectivity index (χ2v) is 5.13. The molecule has 3 nitrogen and oxygen atoms in total. The van der Waals surface area contributed by atoms with Gasteiger partial charge in [-0.15, -0.1) is 0 Å². The molecular formula is C15H12BrF2NO2. The number of halogens is 3. The van der Waals surface area contributed by atoms with Gasteiger partial charge >= 0.3 is 5.97 Å². The first-order valence-corrected chi connectivity index (χ1v) is 6.85. The fraction of sp³-hybridized carbons (Fsp3) is 0.133. The monoisotopic (exact) mass is 355 g/mol. The van der Waals surface area contributed by atoms with Crippen LogP contribution in [-0.4, -0.2) is 13.1 Å². The molecule has 21 heavy (non-hydrogen) atoms. The largest absolute Gasteiger partial charge is 0.467 e. The number of rotatable bonds is 4. The van der Waals surface area contributed by atoms with Gasteiger partial charge in [0.25, 0.3) is 0 Å². The SMILES string of the molecule is COC(=O)C(Nc1cccc(F)c1)c1ccc(F)cc1Br. The Balaban J connectivity index is 2.37. The zero-order valence-electron chi connectivity index (χ0n) is 11.1. The molecule has 0 spiro atoms. The molecule has 0 aliphatic carbocycles. The summed E-state index contributed by atoms with van der Waals surface area (Å²) in [6.07, 6.45) is 0. The molecule has 2 aromatic carbocycles. The van der Waals surface area contributed by atoms with Crippen LogP contribution >= 0.6 is 15.9 Å². The fourth-order valence-electron chi connectivity index (χ4n) is 1.86. The van der Waals surface area contributed by atoms with Crippen LogP contribution in [0.4, 0.5) is 14.5 Å². The Morgan fingerprint density at radius 1 is 1.19 bits per heavy atom. The van der Waals surface area contributed by atoms with Gasteiger partial charge in [0.15, 0.2) is 6.04 Å². The van der Waals surface area contributed by atoms with E-state index in [0.29, 0.717) is 15.7 Å². The fourth-order valence-corrected chi connectivity index (χ4v) is 2.44. The van der Waals surface area contributed by atoms with Crippen LogP contribution < -0.4 is 5.32 Å². The summed E-state index contributed by atoms with van der Waals surface area (Å²) in [6.45, 7) is 0. The Labute approximate surface area is 129 Å². The van der Waals surface area contributed by atoms with E-state index in [0.717, 1.165) is 0 Å². The van der Waals surface area contributed by atoms with Crippen LogP contribution in [0.3, 0.4) is 0 Å². The number of carbonyl (C=O) groups is 1. The summed E-state index contributed by atoms with van der Waals surface area (Å²) in [6, 6.07) is 8.77. The van der Waals surface area contributed by atoms with Crippen molar-refractivity contribution in [2.24, 2.45) is 0 Å². The quantitative estimate of drug-likeness (QED) is 0.840. The van der Waals surface area contributed by atoms with Gasteiger partial charge in [-0.05, 0) is 35.9 Å². The van der Waals surface area contributed by atoms with Crippen LogP contribution in [0.2, 0.25) is 0 Å². The topological polar surface area (TPSA) is 38.3 Å². The van der Waals surface area contributed by atoms with Crippen molar-refractivity contribution in [3.8, 4) is 0 Å². The van der Waals surface area contributed by atoms with E-state index in [-0.39, 0.29) is 0 Å². The van der Waals surface area contributed by atoms with Crippen LogP contribution in [0.1, 0.15) is 11.6 Å². The van der Waals surface area contributed by atoms with Crippen molar-refractivity contribution in [2.45, 2.75) is 6.04 Å². The molecule has 0 saturated heterocycles. The van der Waals surface area contributed by atoms with Crippen LogP contribution in [0.25, 0.3) is 0 Å². The Bertz CT molecular complexity index is 664. The van der Waals surface area contributed by atoms with Gasteiger partial charge in [-0.1, -0.05) is 28.1 Å². The lowest BCUT2D eigenvalue weighted by atomic mass is 10.1. The zero-order chi connectivity index (χ0) is 15.4. The highest BCUT2D eigenvalue weighted by molar-refractivity contribution is 9.10. The maximum atomic E-state index is 13.2. The molecule has 2 rings (SSSR count). The van der Waals surface area contributed by atoms with Gasteiger partial charge in [-0.2, -0.15) is 0 Å². The lowest BCUT2D eigenvalue weighted by molar-refractivity contribution is -0.141. The predicted octanol–water partition coefficient (Wildman–Crippen LogP) is 4.05. The second kappa shape index (κ2) is 6.67. The van der Waals surface area contributed by atoms with Crippen molar-refractivity contribution in [2.75, 3.05) is 12.4 Å². The Morgan fingerprint density at radius 3 is 2.52 bits per heavy atom. The summed E-state index contributed by atoms with van der Waals surface area (Å²) in [5.41, 5.74) is 0.911. The number of carbonyl (C=O) groups excluding carboxylic acids is 1. The van der Waals surface area contributed by atoms with E-state index in [1.807, 2.05) is 0 Å². The molecule has 0 radical (unpaired) electrons. The first-order chi connectivity index (χ1) is 10.0. The maximum Gasteiger partial charge on any atom is 0.333 e. The number of methoxy groups -OCH3 is 1. The minimum Gasteiger partial charge on any atom is -0.467 e. The maximum absolute atomic E-state index is 13.2. The highest BCUT2D eigenvalue weighted by atomic mass is 79.9. The van der Waals surface area contributed by atoms with Gasteiger partial charge in [0.2, 0.25) is 0 Å². The van der Waals surface area contributed by atoms with Gasteiger partial charge in [-0.25, -0.2) is 13.6 Å². The molecule has 0 fully saturated rings. The second-order valence-electron chi connectivity index (χ2n) is 4.28. The summed E-state index contributed by atoms with van der Waals surface area (Å²) in [7, 11) is 1.25. The van der Waals surface area contributed by atoms with Gasteiger partial charge in [0, 0.05) is 10.2 Å². The highest BCUT2D eigenvalue weighted by Gasteiger charge is 2.24. The normalized spacial score (nSPS) is 11.8. The number of ether oxygens (including phenoxy) is 1. The number of benzene rings is 2. The zero-order valence-corrected chi connectivity index (χ0v) is 12.7. The summed E-state index contributed by atoms with van der Waals surface area (Å²) in [5, 5.41) is 2.88. The van der Waals surface area contributed by atoms with Crippen molar-refractivity contribution in [1.82, 2.24) is 0 Å². The Kier molecular flexibility index (Phi) is 4.90. The summed E-state index contributed by atoms with van der Waals surface area (Å²) in [5.74, 6) is -1.42. The number of anilines is 1. The van der Waals surface area contributed by atoms with Crippen LogP contribution in [0.5, 0.6) is 0 Å². The van der Waals surface area contributed by atoms with E-state index in [2.05, 4.69) is 21.2 Å². The Morgan fingerprint density at radius 2 is 1.90 bits per heavy atom. The van der Waals surface area contributed by atoms with Crippen molar-refractivity contribution in [1.29, 1.82) is 0 Å². The van der Waals surface area contributed by atoms with Crippen LogP contribution in [-0.2, 0) is 9.53 Å². The molecule has 6 heteroatoms. The number of nitrogens with one attached hydrogen (secondary N) is 1. The third-order valence-corrected chi connectivity index (χ3v) is 3.53. The molecular weight excluding hydrogens is 344 g/mol.